The van der Waals surface area contributed by atoms with E-state index in [0.717, 1.165) is 27.1 Å². The SMILES string of the molecule is C[CH]C(=O)c1c2ccccc2cc2ccccc12. The minimum atomic E-state index is 0.0861. The lowest BCUT2D eigenvalue weighted by molar-refractivity contribution is 0.103. The first kappa shape index (κ1) is 11.0. The highest BCUT2D eigenvalue weighted by Crippen LogP contribution is 2.29. The van der Waals surface area contributed by atoms with Gasteiger partial charge in [-0.05, 0) is 27.6 Å². The van der Waals surface area contributed by atoms with Crippen molar-refractivity contribution in [3.05, 3.63) is 66.6 Å². The van der Waals surface area contributed by atoms with Crippen LogP contribution in [0.1, 0.15) is 17.3 Å². The van der Waals surface area contributed by atoms with Crippen LogP contribution in [-0.2, 0) is 0 Å². The molecule has 0 atom stereocenters. The maximum Gasteiger partial charge on any atom is 0.167 e. The Morgan fingerprint density at radius 3 is 1.89 bits per heavy atom. The minimum absolute atomic E-state index is 0.0861. The molecule has 0 N–H and O–H groups in total. The van der Waals surface area contributed by atoms with Gasteiger partial charge in [-0.15, -0.1) is 0 Å². The van der Waals surface area contributed by atoms with E-state index < -0.39 is 0 Å². The number of Topliss-reactive ketones (excluding diaryl/α,β-unsaturated/α-hetero) is 1. The Bertz CT molecular complexity index is 687. The van der Waals surface area contributed by atoms with Gasteiger partial charge in [0.2, 0.25) is 0 Å². The van der Waals surface area contributed by atoms with Gasteiger partial charge in [-0.1, -0.05) is 55.5 Å². The highest BCUT2D eigenvalue weighted by Gasteiger charge is 2.12. The third kappa shape index (κ3) is 1.60. The first-order valence-corrected chi connectivity index (χ1v) is 6.05. The summed E-state index contributed by atoms with van der Waals surface area (Å²) in [6.07, 6.45) is 1.63. The average Bonchev–Trinajstić information content (AvgIpc) is 2.44. The quantitative estimate of drug-likeness (QED) is 0.473. The van der Waals surface area contributed by atoms with E-state index in [1.165, 1.54) is 0 Å². The van der Waals surface area contributed by atoms with Gasteiger partial charge in [-0.25, -0.2) is 0 Å². The van der Waals surface area contributed by atoms with Crippen LogP contribution in [-0.4, -0.2) is 5.78 Å². The molecule has 0 aliphatic carbocycles. The smallest absolute Gasteiger partial charge is 0.167 e. The van der Waals surface area contributed by atoms with E-state index in [-0.39, 0.29) is 5.78 Å². The molecule has 1 heteroatoms. The maximum atomic E-state index is 12.2. The molecule has 0 bridgehead atoms. The van der Waals surface area contributed by atoms with Gasteiger partial charge >= 0.3 is 0 Å². The Morgan fingerprint density at radius 2 is 1.39 bits per heavy atom. The Kier molecular flexibility index (Phi) is 2.60. The van der Waals surface area contributed by atoms with Gasteiger partial charge in [0.25, 0.3) is 0 Å². The van der Waals surface area contributed by atoms with Crippen LogP contribution in [0, 0.1) is 6.42 Å². The fourth-order valence-corrected chi connectivity index (χ4v) is 2.42. The number of ketones is 1. The second-order valence-electron chi connectivity index (χ2n) is 4.35. The Hall–Kier alpha value is -2.15. The summed E-state index contributed by atoms with van der Waals surface area (Å²) in [7, 11) is 0. The number of fused-ring (bicyclic) bond motifs is 2. The minimum Gasteiger partial charge on any atom is -0.294 e. The van der Waals surface area contributed by atoms with Crippen molar-refractivity contribution < 1.29 is 4.79 Å². The lowest BCUT2D eigenvalue weighted by atomic mass is 9.93. The molecule has 0 saturated heterocycles. The van der Waals surface area contributed by atoms with Crippen LogP contribution in [0.25, 0.3) is 21.5 Å². The molecular weight excluding hydrogens is 220 g/mol. The van der Waals surface area contributed by atoms with E-state index in [1.807, 2.05) is 48.5 Å². The normalized spacial score (nSPS) is 10.9. The highest BCUT2D eigenvalue weighted by atomic mass is 16.1. The zero-order valence-corrected chi connectivity index (χ0v) is 10.2. The molecule has 0 aliphatic heterocycles. The summed E-state index contributed by atoms with van der Waals surface area (Å²) in [6, 6.07) is 18.2. The summed E-state index contributed by atoms with van der Waals surface area (Å²) in [6.45, 7) is 1.79. The van der Waals surface area contributed by atoms with Crippen LogP contribution in [0.4, 0.5) is 0 Å². The second kappa shape index (κ2) is 4.26. The van der Waals surface area contributed by atoms with Crippen molar-refractivity contribution in [2.24, 2.45) is 0 Å². The number of rotatable bonds is 2. The van der Waals surface area contributed by atoms with Gasteiger partial charge in [-0.3, -0.25) is 4.79 Å². The lowest BCUT2D eigenvalue weighted by Gasteiger charge is -2.09. The third-order valence-corrected chi connectivity index (χ3v) is 3.28. The highest BCUT2D eigenvalue weighted by molar-refractivity contribution is 6.21. The summed E-state index contributed by atoms with van der Waals surface area (Å²) in [4.78, 5) is 12.2. The van der Waals surface area contributed by atoms with Crippen molar-refractivity contribution in [2.45, 2.75) is 6.92 Å². The van der Waals surface area contributed by atoms with Gasteiger partial charge in [-0.2, -0.15) is 0 Å². The molecule has 0 heterocycles. The standard InChI is InChI=1S/C17H13O/c1-2-16(18)17-14-9-5-3-7-12(14)11-13-8-4-6-10-15(13)17/h2-11H,1H3. The van der Waals surface area contributed by atoms with Crippen LogP contribution >= 0.6 is 0 Å². The number of carbonyl (C=O) groups excluding carboxylic acids is 1. The zero-order valence-electron chi connectivity index (χ0n) is 10.2. The van der Waals surface area contributed by atoms with E-state index in [1.54, 1.807) is 13.3 Å². The first-order valence-electron chi connectivity index (χ1n) is 6.05. The van der Waals surface area contributed by atoms with Crippen molar-refractivity contribution in [3.8, 4) is 0 Å². The van der Waals surface area contributed by atoms with Crippen LogP contribution < -0.4 is 0 Å². The van der Waals surface area contributed by atoms with Gasteiger partial charge in [0.1, 0.15) is 0 Å². The fraction of sp³-hybridized carbons (Fsp3) is 0.0588. The molecule has 0 unspecified atom stereocenters. The maximum absolute atomic E-state index is 12.2. The Morgan fingerprint density at radius 1 is 0.889 bits per heavy atom. The topological polar surface area (TPSA) is 17.1 Å². The number of hydrogen-bond acceptors (Lipinski definition) is 1. The van der Waals surface area contributed by atoms with Crippen LogP contribution in [0.15, 0.2) is 54.6 Å². The predicted octanol–water partition coefficient (Wildman–Crippen LogP) is 4.40. The van der Waals surface area contributed by atoms with Gasteiger partial charge < -0.3 is 0 Å². The molecule has 0 aromatic heterocycles. The molecule has 0 saturated carbocycles. The monoisotopic (exact) mass is 233 g/mol. The van der Waals surface area contributed by atoms with Crippen LogP contribution in [0.2, 0.25) is 0 Å². The second-order valence-corrected chi connectivity index (χ2v) is 4.35. The summed E-state index contributed by atoms with van der Waals surface area (Å²) in [5.41, 5.74) is 0.811. The van der Waals surface area contributed by atoms with Gasteiger partial charge in [0.15, 0.2) is 5.78 Å². The van der Waals surface area contributed by atoms with Crippen molar-refractivity contribution >= 4 is 27.3 Å². The summed E-state index contributed by atoms with van der Waals surface area (Å²) >= 11 is 0. The molecule has 0 amide bonds. The summed E-state index contributed by atoms with van der Waals surface area (Å²) < 4.78 is 0. The summed E-state index contributed by atoms with van der Waals surface area (Å²) in [5.74, 6) is 0.0861. The largest absolute Gasteiger partial charge is 0.294 e. The zero-order chi connectivity index (χ0) is 12.5. The lowest BCUT2D eigenvalue weighted by Crippen LogP contribution is -2.00. The van der Waals surface area contributed by atoms with E-state index >= 15 is 0 Å². The van der Waals surface area contributed by atoms with E-state index in [0.29, 0.717) is 0 Å². The van der Waals surface area contributed by atoms with E-state index in [9.17, 15) is 4.79 Å². The molecule has 0 spiro atoms. The molecule has 1 nitrogen and oxygen atoms in total. The molecule has 1 radical (unpaired) electrons. The van der Waals surface area contributed by atoms with Crippen molar-refractivity contribution in [1.82, 2.24) is 0 Å². The molecule has 0 aliphatic rings. The van der Waals surface area contributed by atoms with E-state index in [2.05, 4.69) is 6.07 Å². The number of benzene rings is 3. The number of hydrogen-bond donors (Lipinski definition) is 0. The fourth-order valence-electron chi connectivity index (χ4n) is 2.42. The molecule has 18 heavy (non-hydrogen) atoms. The number of carbonyl (C=O) groups is 1. The van der Waals surface area contributed by atoms with Gasteiger partial charge in [0.05, 0.1) is 0 Å². The summed E-state index contributed by atoms with van der Waals surface area (Å²) in [5, 5.41) is 4.28. The molecule has 3 aromatic rings. The Balaban J connectivity index is 2.53. The van der Waals surface area contributed by atoms with Crippen LogP contribution in [0.5, 0.6) is 0 Å². The molecule has 3 rings (SSSR count). The van der Waals surface area contributed by atoms with Gasteiger partial charge in [0, 0.05) is 12.0 Å². The first-order chi connectivity index (χ1) is 8.81. The van der Waals surface area contributed by atoms with E-state index in [4.69, 9.17) is 0 Å². The van der Waals surface area contributed by atoms with Crippen molar-refractivity contribution in [2.75, 3.05) is 0 Å². The average molecular weight is 233 g/mol. The third-order valence-electron chi connectivity index (χ3n) is 3.28. The molecular formula is C17H13O. The van der Waals surface area contributed by atoms with Crippen LogP contribution in [0.3, 0.4) is 0 Å². The van der Waals surface area contributed by atoms with Crippen molar-refractivity contribution in [1.29, 1.82) is 0 Å². The Labute approximate surface area is 106 Å². The van der Waals surface area contributed by atoms with Crippen molar-refractivity contribution in [3.63, 3.8) is 0 Å². The molecule has 3 aromatic carbocycles. The molecule has 87 valence electrons. The predicted molar refractivity (Wildman–Crippen MR) is 75.8 cm³/mol. The molecule has 0 fully saturated rings.